The van der Waals surface area contributed by atoms with Gasteiger partial charge in [0.05, 0.1) is 0 Å². The van der Waals surface area contributed by atoms with E-state index in [-0.39, 0.29) is 12.7 Å². The van der Waals surface area contributed by atoms with Crippen LogP contribution >= 0.6 is 11.8 Å². The fourth-order valence-corrected chi connectivity index (χ4v) is 3.29. The Hall–Kier alpha value is -2.48. The standard InChI is InChI=1S/C19H24N4O3S/c1-12-8-13(2)22-19(21-12)23-15(6-7-27-3)18(24)20-10-14-4-5-16-17(9-14)26-11-25-16/h4-5,8-9,15H,6-7,10-11H2,1-3H3,(H,20,24)(H,21,22,23). The number of amides is 1. The summed E-state index contributed by atoms with van der Waals surface area (Å²) < 4.78 is 10.7. The molecule has 1 atom stereocenters. The van der Waals surface area contributed by atoms with Gasteiger partial charge >= 0.3 is 0 Å². The number of nitrogens with zero attached hydrogens (tertiary/aromatic N) is 2. The summed E-state index contributed by atoms with van der Waals surface area (Å²) in [5, 5.41) is 6.17. The highest BCUT2D eigenvalue weighted by Crippen LogP contribution is 2.32. The summed E-state index contributed by atoms with van der Waals surface area (Å²) in [6.45, 7) is 4.48. The van der Waals surface area contributed by atoms with Gasteiger partial charge in [0.25, 0.3) is 0 Å². The first kappa shape index (κ1) is 19.3. The third-order valence-corrected chi connectivity index (χ3v) is 4.76. The number of aryl methyl sites for hydroxylation is 2. The van der Waals surface area contributed by atoms with Crippen LogP contribution in [0.4, 0.5) is 5.95 Å². The molecule has 2 aromatic rings. The molecule has 1 aromatic heterocycles. The minimum atomic E-state index is -0.396. The molecule has 1 unspecified atom stereocenters. The number of ether oxygens (including phenoxy) is 2. The topological polar surface area (TPSA) is 85.4 Å². The van der Waals surface area contributed by atoms with E-state index in [1.807, 2.05) is 44.4 Å². The largest absolute Gasteiger partial charge is 0.454 e. The summed E-state index contributed by atoms with van der Waals surface area (Å²) >= 11 is 1.70. The second kappa shape index (κ2) is 8.94. The Labute approximate surface area is 163 Å². The average molecular weight is 388 g/mol. The average Bonchev–Trinajstić information content (AvgIpc) is 3.10. The molecule has 0 aliphatic carbocycles. The van der Waals surface area contributed by atoms with Crippen LogP contribution < -0.4 is 20.1 Å². The minimum absolute atomic E-state index is 0.0792. The van der Waals surface area contributed by atoms with Gasteiger partial charge in [0, 0.05) is 17.9 Å². The first-order valence-electron chi connectivity index (χ1n) is 8.79. The van der Waals surface area contributed by atoms with Gasteiger partial charge < -0.3 is 20.1 Å². The minimum Gasteiger partial charge on any atom is -0.454 e. The number of anilines is 1. The van der Waals surface area contributed by atoms with Gasteiger partial charge in [-0.3, -0.25) is 4.79 Å². The van der Waals surface area contributed by atoms with Crippen molar-refractivity contribution in [2.75, 3.05) is 24.1 Å². The Balaban J connectivity index is 1.63. The molecule has 27 heavy (non-hydrogen) atoms. The van der Waals surface area contributed by atoms with Crippen LogP contribution in [-0.4, -0.2) is 40.7 Å². The van der Waals surface area contributed by atoms with Gasteiger partial charge in [-0.25, -0.2) is 9.97 Å². The SMILES string of the molecule is CSCCC(Nc1nc(C)cc(C)n1)C(=O)NCc1ccc2c(c1)OCO2. The first-order valence-corrected chi connectivity index (χ1v) is 10.2. The lowest BCUT2D eigenvalue weighted by molar-refractivity contribution is -0.122. The number of carbonyl (C=O) groups is 1. The van der Waals surface area contributed by atoms with Crippen molar-refractivity contribution < 1.29 is 14.3 Å². The van der Waals surface area contributed by atoms with Crippen molar-refractivity contribution in [1.29, 1.82) is 0 Å². The molecule has 0 saturated heterocycles. The van der Waals surface area contributed by atoms with Gasteiger partial charge in [-0.15, -0.1) is 0 Å². The monoisotopic (exact) mass is 388 g/mol. The molecule has 3 rings (SSSR count). The van der Waals surface area contributed by atoms with Crippen LogP contribution in [0.5, 0.6) is 11.5 Å². The number of carbonyl (C=O) groups excluding carboxylic acids is 1. The molecule has 144 valence electrons. The number of rotatable bonds is 8. The van der Waals surface area contributed by atoms with Crippen molar-refractivity contribution in [3.8, 4) is 11.5 Å². The van der Waals surface area contributed by atoms with E-state index in [4.69, 9.17) is 9.47 Å². The van der Waals surface area contributed by atoms with E-state index in [1.54, 1.807) is 11.8 Å². The lowest BCUT2D eigenvalue weighted by Crippen LogP contribution is -2.40. The van der Waals surface area contributed by atoms with Crippen molar-refractivity contribution in [2.24, 2.45) is 0 Å². The second-order valence-corrected chi connectivity index (χ2v) is 7.34. The summed E-state index contributed by atoms with van der Waals surface area (Å²) in [5.41, 5.74) is 2.70. The third-order valence-electron chi connectivity index (χ3n) is 4.12. The summed E-state index contributed by atoms with van der Waals surface area (Å²) in [7, 11) is 0. The zero-order chi connectivity index (χ0) is 19.2. The Morgan fingerprint density at radius 1 is 1.19 bits per heavy atom. The number of aromatic nitrogens is 2. The molecule has 1 amide bonds. The Morgan fingerprint density at radius 2 is 1.93 bits per heavy atom. The van der Waals surface area contributed by atoms with Crippen molar-refractivity contribution in [2.45, 2.75) is 32.9 Å². The number of nitrogens with one attached hydrogen (secondary N) is 2. The zero-order valence-corrected chi connectivity index (χ0v) is 16.6. The predicted octanol–water partition coefficient (Wildman–Crippen LogP) is 2.67. The number of hydrogen-bond donors (Lipinski definition) is 2. The molecule has 0 spiro atoms. The molecule has 0 radical (unpaired) electrons. The van der Waals surface area contributed by atoms with E-state index in [0.717, 1.165) is 28.5 Å². The highest BCUT2D eigenvalue weighted by molar-refractivity contribution is 7.98. The van der Waals surface area contributed by atoms with Crippen LogP contribution in [0.3, 0.4) is 0 Å². The maximum Gasteiger partial charge on any atom is 0.242 e. The maximum atomic E-state index is 12.7. The first-order chi connectivity index (χ1) is 13.0. The van der Waals surface area contributed by atoms with E-state index in [1.165, 1.54) is 0 Å². The van der Waals surface area contributed by atoms with Crippen LogP contribution in [0.25, 0.3) is 0 Å². The molecule has 1 aromatic carbocycles. The third kappa shape index (κ3) is 5.26. The number of fused-ring (bicyclic) bond motifs is 1. The van der Waals surface area contributed by atoms with E-state index >= 15 is 0 Å². The number of benzene rings is 1. The highest BCUT2D eigenvalue weighted by atomic mass is 32.2. The molecule has 0 fully saturated rings. The Kier molecular flexibility index (Phi) is 6.39. The highest BCUT2D eigenvalue weighted by Gasteiger charge is 2.20. The van der Waals surface area contributed by atoms with E-state index in [9.17, 15) is 4.79 Å². The molecule has 2 N–H and O–H groups in total. The Bertz CT molecular complexity index is 795. The van der Waals surface area contributed by atoms with Gasteiger partial charge in [-0.05, 0) is 56.0 Å². The summed E-state index contributed by atoms with van der Waals surface area (Å²) in [6.07, 6.45) is 2.71. The normalized spacial score (nSPS) is 13.3. The quantitative estimate of drug-likeness (QED) is 0.719. The van der Waals surface area contributed by atoms with Gasteiger partial charge in [0.1, 0.15) is 6.04 Å². The lowest BCUT2D eigenvalue weighted by atomic mass is 10.1. The smallest absolute Gasteiger partial charge is 0.242 e. The zero-order valence-electron chi connectivity index (χ0n) is 15.7. The number of hydrogen-bond acceptors (Lipinski definition) is 7. The lowest BCUT2D eigenvalue weighted by Gasteiger charge is -2.18. The van der Waals surface area contributed by atoms with E-state index < -0.39 is 6.04 Å². The van der Waals surface area contributed by atoms with Crippen LogP contribution in [0.1, 0.15) is 23.4 Å². The van der Waals surface area contributed by atoms with Crippen LogP contribution in [0.2, 0.25) is 0 Å². The van der Waals surface area contributed by atoms with Gasteiger partial charge in [0.15, 0.2) is 11.5 Å². The van der Waals surface area contributed by atoms with E-state index in [0.29, 0.717) is 24.7 Å². The van der Waals surface area contributed by atoms with Gasteiger partial charge in [0.2, 0.25) is 18.6 Å². The van der Waals surface area contributed by atoms with Gasteiger partial charge in [-0.1, -0.05) is 6.07 Å². The second-order valence-electron chi connectivity index (χ2n) is 6.36. The van der Waals surface area contributed by atoms with Crippen molar-refractivity contribution in [1.82, 2.24) is 15.3 Å². The fraction of sp³-hybridized carbons (Fsp3) is 0.421. The molecule has 0 saturated carbocycles. The molecule has 8 heteroatoms. The van der Waals surface area contributed by atoms with Crippen LogP contribution in [0.15, 0.2) is 24.3 Å². The summed E-state index contributed by atoms with van der Waals surface area (Å²) in [6, 6.07) is 7.18. The Morgan fingerprint density at radius 3 is 2.67 bits per heavy atom. The molecular formula is C19H24N4O3S. The summed E-state index contributed by atoms with van der Waals surface area (Å²) in [5.74, 6) is 2.71. The maximum absolute atomic E-state index is 12.7. The van der Waals surface area contributed by atoms with Crippen LogP contribution in [-0.2, 0) is 11.3 Å². The predicted molar refractivity (Wildman–Crippen MR) is 106 cm³/mol. The molecule has 2 heterocycles. The molecule has 7 nitrogen and oxygen atoms in total. The molecular weight excluding hydrogens is 364 g/mol. The van der Waals surface area contributed by atoms with Gasteiger partial charge in [-0.2, -0.15) is 11.8 Å². The molecule has 1 aliphatic heterocycles. The molecule has 1 aliphatic rings. The van der Waals surface area contributed by atoms with Crippen molar-refractivity contribution in [3.05, 3.63) is 41.2 Å². The van der Waals surface area contributed by atoms with Crippen molar-refractivity contribution in [3.63, 3.8) is 0 Å². The fourth-order valence-electron chi connectivity index (χ4n) is 2.81. The van der Waals surface area contributed by atoms with E-state index in [2.05, 4.69) is 20.6 Å². The number of thioether (sulfide) groups is 1. The molecule has 0 bridgehead atoms. The van der Waals surface area contributed by atoms with Crippen LogP contribution in [0, 0.1) is 13.8 Å². The summed E-state index contributed by atoms with van der Waals surface area (Å²) in [4.78, 5) is 21.5. The van der Waals surface area contributed by atoms with Crippen molar-refractivity contribution >= 4 is 23.6 Å².